The van der Waals surface area contributed by atoms with Gasteiger partial charge in [0.2, 0.25) is 5.91 Å². The fourth-order valence-corrected chi connectivity index (χ4v) is 4.07. The summed E-state index contributed by atoms with van der Waals surface area (Å²) in [4.78, 5) is 28.7. The van der Waals surface area contributed by atoms with Crippen molar-refractivity contribution in [1.29, 1.82) is 0 Å². The second-order valence-corrected chi connectivity index (χ2v) is 10.4. The number of ether oxygens (including phenoxy) is 1. The van der Waals surface area contributed by atoms with Crippen molar-refractivity contribution in [3.8, 4) is 5.75 Å². The monoisotopic (exact) mass is 520 g/mol. The molecule has 196 valence electrons. The van der Waals surface area contributed by atoms with E-state index in [2.05, 4.69) is 19.2 Å². The predicted molar refractivity (Wildman–Crippen MR) is 150 cm³/mol. The lowest BCUT2D eigenvalue weighted by Gasteiger charge is -2.31. The Morgan fingerprint density at radius 3 is 2.11 bits per heavy atom. The molecular weight excluding hydrogens is 484 g/mol. The fourth-order valence-electron chi connectivity index (χ4n) is 3.94. The smallest absolute Gasteiger partial charge is 0.261 e. The Bertz CT molecular complexity index is 1130. The van der Waals surface area contributed by atoms with Gasteiger partial charge in [0.25, 0.3) is 5.91 Å². The molecule has 1 N–H and O–H groups in total. The van der Waals surface area contributed by atoms with Gasteiger partial charge in [-0.05, 0) is 52.8 Å². The molecule has 0 aliphatic carbocycles. The molecule has 1 atom stereocenters. The largest absolute Gasteiger partial charge is 0.484 e. The Morgan fingerprint density at radius 1 is 0.865 bits per heavy atom. The van der Waals surface area contributed by atoms with Gasteiger partial charge in [0.05, 0.1) is 0 Å². The summed E-state index contributed by atoms with van der Waals surface area (Å²) in [6, 6.07) is 24.2. The summed E-state index contributed by atoms with van der Waals surface area (Å²) in [5.41, 5.74) is 3.06. The molecule has 5 nitrogen and oxygen atoms in total. The van der Waals surface area contributed by atoms with Gasteiger partial charge in [0.1, 0.15) is 11.8 Å². The van der Waals surface area contributed by atoms with Crippen LogP contribution in [0.4, 0.5) is 0 Å². The summed E-state index contributed by atoms with van der Waals surface area (Å²) >= 11 is 6.09. The average molecular weight is 521 g/mol. The second-order valence-electron chi connectivity index (χ2n) is 10.0. The Kier molecular flexibility index (Phi) is 10.6. The number of nitrogens with one attached hydrogen (secondary N) is 1. The molecule has 0 saturated carbocycles. The van der Waals surface area contributed by atoms with E-state index in [0.717, 1.165) is 11.1 Å². The van der Waals surface area contributed by atoms with Crippen molar-refractivity contribution in [2.75, 3.05) is 13.2 Å². The fraction of sp³-hybridized carbons (Fsp3) is 0.355. The Labute approximate surface area is 225 Å². The molecule has 0 saturated heterocycles. The van der Waals surface area contributed by atoms with Crippen LogP contribution in [0.15, 0.2) is 78.9 Å². The van der Waals surface area contributed by atoms with Crippen LogP contribution >= 0.6 is 11.6 Å². The maximum atomic E-state index is 13.6. The van der Waals surface area contributed by atoms with Gasteiger partial charge in [-0.25, -0.2) is 0 Å². The quantitative estimate of drug-likeness (QED) is 0.307. The van der Waals surface area contributed by atoms with E-state index in [4.69, 9.17) is 16.3 Å². The van der Waals surface area contributed by atoms with Gasteiger partial charge in [-0.15, -0.1) is 0 Å². The van der Waals surface area contributed by atoms with Crippen LogP contribution in [0, 0.1) is 5.92 Å². The highest BCUT2D eigenvalue weighted by atomic mass is 35.5. The van der Waals surface area contributed by atoms with Crippen LogP contribution in [0.2, 0.25) is 5.02 Å². The molecule has 0 aliphatic heterocycles. The molecule has 37 heavy (non-hydrogen) atoms. The molecule has 2 amide bonds. The minimum absolute atomic E-state index is 0.169. The van der Waals surface area contributed by atoms with E-state index in [0.29, 0.717) is 35.6 Å². The third-order valence-corrected chi connectivity index (χ3v) is 6.38. The summed E-state index contributed by atoms with van der Waals surface area (Å²) in [7, 11) is 0. The van der Waals surface area contributed by atoms with Gasteiger partial charge in [0, 0.05) is 24.5 Å². The molecule has 0 aromatic heterocycles. The highest BCUT2D eigenvalue weighted by molar-refractivity contribution is 6.30. The molecule has 0 aliphatic rings. The Morgan fingerprint density at radius 2 is 1.51 bits per heavy atom. The van der Waals surface area contributed by atoms with Gasteiger partial charge in [-0.1, -0.05) is 93.9 Å². The molecule has 1 unspecified atom stereocenters. The molecule has 0 radical (unpaired) electrons. The van der Waals surface area contributed by atoms with Gasteiger partial charge < -0.3 is 15.0 Å². The first kappa shape index (κ1) is 28.3. The Balaban J connectivity index is 1.86. The third kappa shape index (κ3) is 8.94. The molecule has 6 heteroatoms. The van der Waals surface area contributed by atoms with E-state index in [-0.39, 0.29) is 25.0 Å². The summed E-state index contributed by atoms with van der Waals surface area (Å²) in [6.45, 7) is 8.97. The number of benzene rings is 3. The molecule has 3 aromatic carbocycles. The van der Waals surface area contributed by atoms with E-state index >= 15 is 0 Å². The molecule has 0 spiro atoms. The van der Waals surface area contributed by atoms with Crippen molar-refractivity contribution in [1.82, 2.24) is 10.2 Å². The van der Waals surface area contributed by atoms with Crippen molar-refractivity contribution in [2.24, 2.45) is 5.92 Å². The first-order valence-electron chi connectivity index (χ1n) is 12.8. The second kappa shape index (κ2) is 13.8. The van der Waals surface area contributed by atoms with Crippen LogP contribution in [0.25, 0.3) is 0 Å². The number of carbonyl (C=O) groups is 2. The van der Waals surface area contributed by atoms with Crippen molar-refractivity contribution < 1.29 is 14.3 Å². The van der Waals surface area contributed by atoms with Gasteiger partial charge in [-0.2, -0.15) is 0 Å². The van der Waals surface area contributed by atoms with Crippen molar-refractivity contribution in [2.45, 2.75) is 52.6 Å². The van der Waals surface area contributed by atoms with E-state index in [1.807, 2.05) is 80.6 Å². The minimum atomic E-state index is -0.698. The van der Waals surface area contributed by atoms with Gasteiger partial charge in [-0.3, -0.25) is 9.59 Å². The first-order chi connectivity index (χ1) is 17.7. The summed E-state index contributed by atoms with van der Waals surface area (Å²) in [6.07, 6.45) is 0.396. The lowest BCUT2D eigenvalue weighted by Crippen LogP contribution is -2.52. The van der Waals surface area contributed by atoms with Crippen LogP contribution < -0.4 is 10.1 Å². The van der Waals surface area contributed by atoms with Crippen LogP contribution in [-0.2, 0) is 22.6 Å². The molecule has 3 aromatic rings. The zero-order valence-corrected chi connectivity index (χ0v) is 22.9. The summed E-state index contributed by atoms with van der Waals surface area (Å²) in [5.74, 6) is 0.880. The molecule has 0 heterocycles. The number of halogens is 1. The topological polar surface area (TPSA) is 58.6 Å². The zero-order chi connectivity index (χ0) is 26.8. The summed E-state index contributed by atoms with van der Waals surface area (Å²) in [5, 5.41) is 3.64. The van der Waals surface area contributed by atoms with Crippen LogP contribution in [-0.4, -0.2) is 35.9 Å². The number of hydrogen-bond donors (Lipinski definition) is 1. The number of nitrogens with zero attached hydrogens (tertiary/aromatic N) is 1. The van der Waals surface area contributed by atoms with Gasteiger partial charge in [0.15, 0.2) is 6.61 Å². The van der Waals surface area contributed by atoms with E-state index in [1.165, 1.54) is 5.56 Å². The Hall–Kier alpha value is -3.31. The van der Waals surface area contributed by atoms with Crippen molar-refractivity contribution in [3.05, 3.63) is 101 Å². The van der Waals surface area contributed by atoms with Crippen molar-refractivity contribution >= 4 is 23.4 Å². The highest BCUT2D eigenvalue weighted by Gasteiger charge is 2.30. The average Bonchev–Trinajstić information content (AvgIpc) is 2.89. The molecule has 0 fully saturated rings. The standard InChI is InChI=1S/C31H37ClN2O3/c1-22(2)19-33-31(36)29(18-24-8-6-5-7-9-24)34(20-25-10-14-27(32)15-11-25)30(35)21-37-28-16-12-26(13-17-28)23(3)4/h5-17,22-23,29H,18-21H2,1-4H3,(H,33,36). The number of carbonyl (C=O) groups excluding carboxylic acids is 2. The maximum absolute atomic E-state index is 13.6. The van der Waals surface area contributed by atoms with E-state index in [1.54, 1.807) is 17.0 Å². The number of rotatable bonds is 12. The molecular formula is C31H37ClN2O3. The van der Waals surface area contributed by atoms with Crippen molar-refractivity contribution in [3.63, 3.8) is 0 Å². The number of amides is 2. The van der Waals surface area contributed by atoms with Crippen LogP contribution in [0.5, 0.6) is 5.75 Å². The molecule has 3 rings (SSSR count). The molecule has 0 bridgehead atoms. The normalized spacial score (nSPS) is 11.9. The van der Waals surface area contributed by atoms with Gasteiger partial charge >= 0.3 is 0 Å². The lowest BCUT2D eigenvalue weighted by atomic mass is 10.0. The predicted octanol–water partition coefficient (Wildman–Crippen LogP) is 6.25. The first-order valence-corrected chi connectivity index (χ1v) is 13.2. The highest BCUT2D eigenvalue weighted by Crippen LogP contribution is 2.20. The zero-order valence-electron chi connectivity index (χ0n) is 22.1. The lowest BCUT2D eigenvalue weighted by molar-refractivity contribution is -0.142. The van der Waals surface area contributed by atoms with E-state index in [9.17, 15) is 9.59 Å². The van der Waals surface area contributed by atoms with Crippen LogP contribution in [0.1, 0.15) is 50.3 Å². The third-order valence-electron chi connectivity index (χ3n) is 6.13. The van der Waals surface area contributed by atoms with Crippen LogP contribution in [0.3, 0.4) is 0 Å². The van der Waals surface area contributed by atoms with E-state index < -0.39 is 6.04 Å². The number of hydrogen-bond acceptors (Lipinski definition) is 3. The maximum Gasteiger partial charge on any atom is 0.261 e. The summed E-state index contributed by atoms with van der Waals surface area (Å²) < 4.78 is 5.87. The SMILES string of the molecule is CC(C)CNC(=O)C(Cc1ccccc1)N(Cc1ccc(Cl)cc1)C(=O)COc1ccc(C(C)C)cc1. The minimum Gasteiger partial charge on any atom is -0.484 e.